The summed E-state index contributed by atoms with van der Waals surface area (Å²) in [4.78, 5) is 0. The molecule has 1 fully saturated rings. The maximum absolute atomic E-state index is 12.8. The number of halogens is 2. The van der Waals surface area contributed by atoms with Crippen molar-refractivity contribution in [2.45, 2.75) is 30.4 Å². The van der Waals surface area contributed by atoms with Gasteiger partial charge in [-0.2, -0.15) is 0 Å². The van der Waals surface area contributed by atoms with Gasteiger partial charge in [0.15, 0.2) is 9.84 Å². The predicted molar refractivity (Wildman–Crippen MR) is 45.4 cm³/mol. The summed E-state index contributed by atoms with van der Waals surface area (Å²) in [5, 5.41) is -0.883. The molecule has 13 heavy (non-hydrogen) atoms. The molecule has 0 radical (unpaired) electrons. The van der Waals surface area contributed by atoms with Crippen LogP contribution in [0.1, 0.15) is 19.3 Å². The van der Waals surface area contributed by atoms with Crippen LogP contribution in [0.3, 0.4) is 0 Å². The summed E-state index contributed by atoms with van der Waals surface area (Å²) >= 11 is 0. The molecule has 1 aliphatic heterocycles. The molecule has 0 aromatic carbocycles. The molecule has 0 aromatic heterocycles. The zero-order valence-electron chi connectivity index (χ0n) is 7.17. The normalized spacial score (nSPS) is 27.8. The first-order chi connectivity index (χ1) is 5.87. The molecule has 1 rings (SSSR count). The van der Waals surface area contributed by atoms with E-state index in [-0.39, 0.29) is 5.75 Å². The minimum absolute atomic E-state index is 0.0400. The molecule has 0 aliphatic carbocycles. The first-order valence-electron chi connectivity index (χ1n) is 4.17. The van der Waals surface area contributed by atoms with E-state index in [0.717, 1.165) is 0 Å². The zero-order valence-corrected chi connectivity index (χ0v) is 7.99. The van der Waals surface area contributed by atoms with Gasteiger partial charge in [0.2, 0.25) is 0 Å². The molecular weight excluding hydrogens is 200 g/mol. The van der Waals surface area contributed by atoms with E-state index in [0.29, 0.717) is 12.8 Å². The number of alkyl halides is 2. The van der Waals surface area contributed by atoms with E-state index in [1.165, 1.54) is 0 Å². The first-order valence-corrected chi connectivity index (χ1v) is 5.88. The summed E-state index contributed by atoms with van der Waals surface area (Å²) in [6, 6.07) is 0. The monoisotopic (exact) mass is 213 g/mol. The number of hydrogen-bond donors (Lipinski definition) is 1. The molecule has 0 bridgehead atoms. The summed E-state index contributed by atoms with van der Waals surface area (Å²) < 4.78 is 47.9. The maximum atomic E-state index is 12.8. The Morgan fingerprint density at radius 1 is 1.46 bits per heavy atom. The van der Waals surface area contributed by atoms with Crippen LogP contribution in [0.5, 0.6) is 0 Å². The Bertz CT molecular complexity index is 276. The fraction of sp³-hybridized carbons (Fsp3) is 1.00. The molecule has 78 valence electrons. The second kappa shape index (κ2) is 3.49. The third-order valence-corrected chi connectivity index (χ3v) is 4.56. The maximum Gasteiger partial charge on any atom is 0.261 e. The van der Waals surface area contributed by atoms with E-state index < -0.39 is 34.0 Å². The van der Waals surface area contributed by atoms with Crippen molar-refractivity contribution >= 4 is 9.84 Å². The van der Waals surface area contributed by atoms with E-state index >= 15 is 0 Å². The largest absolute Gasteiger partial charge is 0.325 e. The lowest BCUT2D eigenvalue weighted by atomic mass is 10.1. The van der Waals surface area contributed by atoms with Gasteiger partial charge in [-0.15, -0.1) is 0 Å². The highest BCUT2D eigenvalue weighted by Crippen LogP contribution is 2.29. The van der Waals surface area contributed by atoms with Gasteiger partial charge in [0.25, 0.3) is 5.92 Å². The standard InChI is InChI=1S/C7H13F2NO2S/c8-7(9,5-10)4-6-2-1-3-13(6,11)12/h6H,1-5,10H2. The molecule has 0 aromatic rings. The average molecular weight is 213 g/mol. The van der Waals surface area contributed by atoms with Crippen LogP contribution in [0.25, 0.3) is 0 Å². The Kier molecular flexibility index (Phi) is 2.91. The van der Waals surface area contributed by atoms with Crippen LogP contribution in [-0.2, 0) is 9.84 Å². The van der Waals surface area contributed by atoms with E-state index in [2.05, 4.69) is 0 Å². The molecule has 1 atom stereocenters. The highest BCUT2D eigenvalue weighted by Gasteiger charge is 2.39. The molecular formula is C7H13F2NO2S. The van der Waals surface area contributed by atoms with Crippen molar-refractivity contribution in [3.8, 4) is 0 Å². The zero-order chi connectivity index (χ0) is 10.1. The van der Waals surface area contributed by atoms with Gasteiger partial charge >= 0.3 is 0 Å². The van der Waals surface area contributed by atoms with Crippen LogP contribution >= 0.6 is 0 Å². The van der Waals surface area contributed by atoms with Gasteiger partial charge in [-0.05, 0) is 12.8 Å². The first kappa shape index (κ1) is 10.8. The molecule has 0 amide bonds. The van der Waals surface area contributed by atoms with E-state index in [4.69, 9.17) is 5.73 Å². The fourth-order valence-corrected chi connectivity index (χ4v) is 3.43. The van der Waals surface area contributed by atoms with E-state index in [1.54, 1.807) is 0 Å². The summed E-state index contributed by atoms with van der Waals surface area (Å²) in [5.41, 5.74) is 4.83. The van der Waals surface area contributed by atoms with E-state index in [1.807, 2.05) is 0 Å². The van der Waals surface area contributed by atoms with Crippen molar-refractivity contribution in [3.63, 3.8) is 0 Å². The minimum atomic E-state index is -3.27. The van der Waals surface area contributed by atoms with Gasteiger partial charge in [-0.3, -0.25) is 0 Å². The SMILES string of the molecule is NCC(F)(F)CC1CCCS1(=O)=O. The van der Waals surface area contributed by atoms with Gasteiger partial charge in [-0.1, -0.05) is 0 Å². The van der Waals surface area contributed by atoms with Crippen LogP contribution in [0.4, 0.5) is 8.78 Å². The van der Waals surface area contributed by atoms with E-state index in [9.17, 15) is 17.2 Å². The number of nitrogens with two attached hydrogens (primary N) is 1. The summed E-state index contributed by atoms with van der Waals surface area (Å²) in [7, 11) is -3.27. The fourth-order valence-electron chi connectivity index (χ4n) is 1.50. The lowest BCUT2D eigenvalue weighted by Gasteiger charge is -2.17. The smallest absolute Gasteiger partial charge is 0.261 e. The quantitative estimate of drug-likeness (QED) is 0.744. The predicted octanol–water partition coefficient (Wildman–Crippen LogP) is 0.548. The summed E-state index contributed by atoms with van der Waals surface area (Å²) in [6.07, 6.45) is 0.220. The summed E-state index contributed by atoms with van der Waals surface area (Å²) in [6.45, 7) is -0.779. The van der Waals surface area contributed by atoms with Crippen LogP contribution in [0.15, 0.2) is 0 Å². The number of rotatable bonds is 3. The van der Waals surface area contributed by atoms with Crippen LogP contribution in [-0.4, -0.2) is 31.9 Å². The Morgan fingerprint density at radius 3 is 2.46 bits per heavy atom. The van der Waals surface area contributed by atoms with Crippen LogP contribution in [0.2, 0.25) is 0 Å². The molecule has 1 unspecified atom stereocenters. The molecule has 1 aliphatic rings. The van der Waals surface area contributed by atoms with Gasteiger partial charge in [0.05, 0.1) is 17.5 Å². The molecule has 1 heterocycles. The van der Waals surface area contributed by atoms with Crippen LogP contribution < -0.4 is 5.73 Å². The van der Waals surface area contributed by atoms with Gasteiger partial charge < -0.3 is 5.73 Å². The lowest BCUT2D eigenvalue weighted by Crippen LogP contribution is -2.34. The van der Waals surface area contributed by atoms with Gasteiger partial charge in [0.1, 0.15) is 0 Å². The second-order valence-electron chi connectivity index (χ2n) is 3.40. The molecule has 2 N–H and O–H groups in total. The molecule has 6 heteroatoms. The molecule has 3 nitrogen and oxygen atoms in total. The van der Waals surface area contributed by atoms with Gasteiger partial charge in [0, 0.05) is 6.42 Å². The highest BCUT2D eigenvalue weighted by atomic mass is 32.2. The number of sulfone groups is 1. The number of hydrogen-bond acceptors (Lipinski definition) is 3. The Morgan fingerprint density at radius 2 is 2.08 bits per heavy atom. The Labute approximate surface area is 76.2 Å². The Balaban J connectivity index is 2.65. The molecule has 0 saturated carbocycles. The minimum Gasteiger partial charge on any atom is -0.325 e. The van der Waals surface area contributed by atoms with Crippen molar-refractivity contribution in [1.29, 1.82) is 0 Å². The molecule has 1 saturated heterocycles. The second-order valence-corrected chi connectivity index (χ2v) is 5.80. The topological polar surface area (TPSA) is 60.2 Å². The highest BCUT2D eigenvalue weighted by molar-refractivity contribution is 7.92. The molecule has 0 spiro atoms. The average Bonchev–Trinajstić information content (AvgIpc) is 2.31. The third-order valence-electron chi connectivity index (χ3n) is 2.29. The lowest BCUT2D eigenvalue weighted by molar-refractivity contribution is 0.00123. The van der Waals surface area contributed by atoms with Crippen LogP contribution in [0, 0.1) is 0 Å². The van der Waals surface area contributed by atoms with Gasteiger partial charge in [-0.25, -0.2) is 17.2 Å². The van der Waals surface area contributed by atoms with Crippen molar-refractivity contribution in [2.24, 2.45) is 5.73 Å². The van der Waals surface area contributed by atoms with Crippen molar-refractivity contribution in [1.82, 2.24) is 0 Å². The Hall–Kier alpha value is -0.230. The van der Waals surface area contributed by atoms with Crippen molar-refractivity contribution in [3.05, 3.63) is 0 Å². The summed E-state index contributed by atoms with van der Waals surface area (Å²) in [5.74, 6) is -3.00. The third kappa shape index (κ3) is 2.60. The van der Waals surface area contributed by atoms with Crippen molar-refractivity contribution < 1.29 is 17.2 Å². The van der Waals surface area contributed by atoms with Crippen molar-refractivity contribution in [2.75, 3.05) is 12.3 Å².